The molecule has 1 aliphatic rings. The molecule has 1 aromatic heterocycles. The summed E-state index contributed by atoms with van der Waals surface area (Å²) in [7, 11) is 0. The zero-order chi connectivity index (χ0) is 22.3. The lowest BCUT2D eigenvalue weighted by Crippen LogP contribution is -2.53. The van der Waals surface area contributed by atoms with Crippen LogP contribution in [0, 0.1) is 0 Å². The van der Waals surface area contributed by atoms with Crippen molar-refractivity contribution >= 4 is 29.6 Å². The molecule has 1 aromatic rings. The Kier molecular flexibility index (Phi) is 7.86. The summed E-state index contributed by atoms with van der Waals surface area (Å²) in [5.74, 6) is -3.79. The maximum atomic E-state index is 12.6. The number of likely N-dealkylation sites (tertiary alicyclic amines) is 1. The monoisotopic (exact) mass is 423 g/mol. The minimum absolute atomic E-state index is 0.00947. The molecule has 0 aliphatic carbocycles. The number of aromatic nitrogens is 2. The maximum Gasteiger partial charge on any atom is 0.326 e. The number of imidazole rings is 1. The van der Waals surface area contributed by atoms with Crippen LogP contribution in [0.1, 0.15) is 25.0 Å². The molecule has 4 amide bonds. The van der Waals surface area contributed by atoms with E-state index in [1.54, 1.807) is 0 Å². The van der Waals surface area contributed by atoms with Gasteiger partial charge in [-0.2, -0.15) is 0 Å². The highest BCUT2D eigenvalue weighted by Gasteiger charge is 2.36. The fourth-order valence-corrected chi connectivity index (χ4v) is 3.13. The minimum atomic E-state index is -1.22. The lowest BCUT2D eigenvalue weighted by atomic mass is 10.1. The highest BCUT2D eigenvalue weighted by molar-refractivity contribution is 5.93. The van der Waals surface area contributed by atoms with Crippen molar-refractivity contribution in [3.8, 4) is 0 Å². The van der Waals surface area contributed by atoms with Crippen molar-refractivity contribution in [2.24, 2.45) is 11.5 Å². The van der Waals surface area contributed by atoms with Crippen molar-refractivity contribution in [2.45, 2.75) is 43.8 Å². The van der Waals surface area contributed by atoms with Crippen molar-refractivity contribution < 1.29 is 29.1 Å². The van der Waals surface area contributed by atoms with Gasteiger partial charge in [0, 0.05) is 24.9 Å². The van der Waals surface area contributed by atoms with E-state index in [0.717, 1.165) is 0 Å². The number of H-pyrrole nitrogens is 1. The molecule has 30 heavy (non-hydrogen) atoms. The summed E-state index contributed by atoms with van der Waals surface area (Å²) in [4.78, 5) is 67.0. The fourth-order valence-electron chi connectivity index (χ4n) is 3.13. The van der Waals surface area contributed by atoms with E-state index in [-0.39, 0.29) is 12.8 Å². The number of aromatic amines is 1. The second-order valence-electron chi connectivity index (χ2n) is 6.92. The lowest BCUT2D eigenvalue weighted by molar-refractivity contribution is -0.144. The van der Waals surface area contributed by atoms with E-state index in [4.69, 9.17) is 11.5 Å². The summed E-state index contributed by atoms with van der Waals surface area (Å²) >= 11 is 0. The number of carboxylic acids is 1. The Morgan fingerprint density at radius 3 is 2.67 bits per heavy atom. The molecule has 1 aliphatic heterocycles. The van der Waals surface area contributed by atoms with Gasteiger partial charge in [-0.15, -0.1) is 0 Å². The number of rotatable bonds is 10. The Morgan fingerprint density at radius 1 is 1.33 bits per heavy atom. The molecule has 0 aromatic carbocycles. The number of nitrogens with two attached hydrogens (primary N) is 2. The predicted molar refractivity (Wildman–Crippen MR) is 101 cm³/mol. The summed E-state index contributed by atoms with van der Waals surface area (Å²) in [6, 6.07) is -3.22. The van der Waals surface area contributed by atoms with Crippen LogP contribution >= 0.6 is 0 Å². The van der Waals surface area contributed by atoms with E-state index >= 15 is 0 Å². The molecular formula is C17H25N7O6. The second kappa shape index (κ2) is 10.3. The molecule has 164 valence electrons. The molecule has 0 saturated carbocycles. The van der Waals surface area contributed by atoms with E-state index < -0.39 is 54.3 Å². The first-order chi connectivity index (χ1) is 14.2. The van der Waals surface area contributed by atoms with Gasteiger partial charge in [-0.1, -0.05) is 0 Å². The van der Waals surface area contributed by atoms with Crippen LogP contribution in [-0.4, -0.2) is 80.8 Å². The second-order valence-corrected chi connectivity index (χ2v) is 6.92. The smallest absolute Gasteiger partial charge is 0.326 e. The standard InChI is InChI=1S/C17H25N7O6/c18-10(5-13(19)25)15(27)21-7-14(26)24-3-1-2-12(24)16(28)23-11(17(29)30)4-9-6-20-8-22-9/h6,8,10-12H,1-5,7,18H2,(H2,19,25)(H,20,22)(H,21,27)(H,23,28)(H,29,30). The molecular weight excluding hydrogens is 398 g/mol. The zero-order valence-electron chi connectivity index (χ0n) is 16.2. The number of aliphatic carboxylic acids is 1. The summed E-state index contributed by atoms with van der Waals surface area (Å²) in [6.07, 6.45) is 3.42. The van der Waals surface area contributed by atoms with Crippen molar-refractivity contribution in [1.82, 2.24) is 25.5 Å². The number of nitrogens with one attached hydrogen (secondary N) is 3. The van der Waals surface area contributed by atoms with Gasteiger partial charge in [0.2, 0.25) is 23.6 Å². The Hall–Kier alpha value is -3.48. The Morgan fingerprint density at radius 2 is 2.07 bits per heavy atom. The van der Waals surface area contributed by atoms with Gasteiger partial charge >= 0.3 is 5.97 Å². The zero-order valence-corrected chi connectivity index (χ0v) is 16.2. The first kappa shape index (κ1) is 22.8. The normalized spacial score (nSPS) is 17.8. The highest BCUT2D eigenvalue weighted by Crippen LogP contribution is 2.18. The van der Waals surface area contributed by atoms with E-state index in [1.807, 2.05) is 0 Å². The van der Waals surface area contributed by atoms with E-state index in [1.165, 1.54) is 17.4 Å². The molecule has 13 nitrogen and oxygen atoms in total. The fraction of sp³-hybridized carbons (Fsp3) is 0.529. The summed E-state index contributed by atoms with van der Waals surface area (Å²) in [5, 5.41) is 14.1. The molecule has 3 unspecified atom stereocenters. The predicted octanol–water partition coefficient (Wildman–Crippen LogP) is -3.17. The summed E-state index contributed by atoms with van der Waals surface area (Å²) in [5.41, 5.74) is 11.0. The molecule has 0 spiro atoms. The molecule has 1 fully saturated rings. The largest absolute Gasteiger partial charge is 0.480 e. The van der Waals surface area contributed by atoms with E-state index in [2.05, 4.69) is 20.6 Å². The van der Waals surface area contributed by atoms with Gasteiger partial charge in [-0.25, -0.2) is 9.78 Å². The molecule has 13 heteroatoms. The first-order valence-corrected chi connectivity index (χ1v) is 9.30. The number of amides is 4. The van der Waals surface area contributed by atoms with Gasteiger partial charge in [-0.05, 0) is 12.8 Å². The van der Waals surface area contributed by atoms with Crippen molar-refractivity contribution in [2.75, 3.05) is 13.1 Å². The van der Waals surface area contributed by atoms with Crippen LogP contribution in [0.5, 0.6) is 0 Å². The van der Waals surface area contributed by atoms with Crippen molar-refractivity contribution in [3.63, 3.8) is 0 Å². The van der Waals surface area contributed by atoms with Gasteiger partial charge in [0.15, 0.2) is 0 Å². The van der Waals surface area contributed by atoms with Crippen molar-refractivity contribution in [1.29, 1.82) is 0 Å². The average Bonchev–Trinajstić information content (AvgIpc) is 3.36. The van der Waals surface area contributed by atoms with Gasteiger partial charge in [-0.3, -0.25) is 19.2 Å². The number of hydrogen-bond acceptors (Lipinski definition) is 7. The summed E-state index contributed by atoms with van der Waals surface area (Å²) < 4.78 is 0. The maximum absolute atomic E-state index is 12.6. The number of hydrogen-bond donors (Lipinski definition) is 6. The number of carbonyl (C=O) groups is 5. The third-order valence-electron chi connectivity index (χ3n) is 4.64. The van der Waals surface area contributed by atoms with Crippen LogP contribution in [-0.2, 0) is 30.4 Å². The average molecular weight is 423 g/mol. The highest BCUT2D eigenvalue weighted by atomic mass is 16.4. The lowest BCUT2D eigenvalue weighted by Gasteiger charge is -2.25. The van der Waals surface area contributed by atoms with Gasteiger partial charge in [0.05, 0.1) is 25.3 Å². The third-order valence-corrected chi connectivity index (χ3v) is 4.64. The third kappa shape index (κ3) is 6.27. The van der Waals surface area contributed by atoms with Crippen LogP contribution < -0.4 is 22.1 Å². The van der Waals surface area contributed by atoms with Crippen LogP contribution in [0.3, 0.4) is 0 Å². The molecule has 1 saturated heterocycles. The Labute approximate surface area is 171 Å². The quantitative estimate of drug-likeness (QED) is 0.225. The summed E-state index contributed by atoms with van der Waals surface area (Å²) in [6.45, 7) is -0.121. The number of carboxylic acid groups (broad SMARTS) is 1. The Balaban J connectivity index is 1.92. The first-order valence-electron chi connectivity index (χ1n) is 9.30. The van der Waals surface area contributed by atoms with Gasteiger partial charge < -0.3 is 37.1 Å². The molecule has 2 rings (SSSR count). The van der Waals surface area contributed by atoms with E-state index in [9.17, 15) is 29.1 Å². The Bertz CT molecular complexity index is 797. The SMILES string of the molecule is NC(=O)CC(N)C(=O)NCC(=O)N1CCCC1C(=O)NC(Cc1cnc[nH]1)C(=O)O. The molecule has 8 N–H and O–H groups in total. The van der Waals surface area contributed by atoms with Gasteiger partial charge in [0.1, 0.15) is 12.1 Å². The minimum Gasteiger partial charge on any atom is -0.480 e. The molecule has 0 radical (unpaired) electrons. The van der Waals surface area contributed by atoms with Crippen LogP contribution in [0.4, 0.5) is 0 Å². The number of nitrogens with zero attached hydrogens (tertiary/aromatic N) is 2. The number of carbonyl (C=O) groups excluding carboxylic acids is 4. The topological polar surface area (TPSA) is 214 Å². The van der Waals surface area contributed by atoms with Crippen molar-refractivity contribution in [3.05, 3.63) is 18.2 Å². The number of primary amides is 1. The molecule has 2 heterocycles. The van der Waals surface area contributed by atoms with Crippen LogP contribution in [0.2, 0.25) is 0 Å². The molecule has 0 bridgehead atoms. The molecule has 3 atom stereocenters. The van der Waals surface area contributed by atoms with Gasteiger partial charge in [0.25, 0.3) is 0 Å². The van der Waals surface area contributed by atoms with Crippen LogP contribution in [0.15, 0.2) is 12.5 Å². The van der Waals surface area contributed by atoms with E-state index in [0.29, 0.717) is 25.1 Å². The van der Waals surface area contributed by atoms with Crippen LogP contribution in [0.25, 0.3) is 0 Å².